The molecule has 1 heterocycles. The molecule has 0 radical (unpaired) electrons. The lowest BCUT2D eigenvalue weighted by atomic mass is 10.0. The summed E-state index contributed by atoms with van der Waals surface area (Å²) in [4.78, 5) is 0. The Bertz CT molecular complexity index is 578. The molecule has 1 unspecified atom stereocenters. The van der Waals surface area contributed by atoms with Crippen LogP contribution in [-0.2, 0) is 13.5 Å². The fraction of sp³-hybridized carbons (Fsp3) is 0.357. The van der Waals surface area contributed by atoms with Crippen molar-refractivity contribution in [2.75, 3.05) is 7.05 Å². The molecular formula is C14H17Cl2N3. The Morgan fingerprint density at radius 2 is 2.00 bits per heavy atom. The molecule has 0 amide bonds. The molecule has 2 aromatic rings. The first-order chi connectivity index (χ1) is 9.06. The molecule has 1 N–H and O–H groups in total. The first-order valence-corrected chi connectivity index (χ1v) is 6.97. The van der Waals surface area contributed by atoms with Gasteiger partial charge in [-0.2, -0.15) is 5.10 Å². The lowest BCUT2D eigenvalue weighted by Gasteiger charge is -2.17. The summed E-state index contributed by atoms with van der Waals surface area (Å²) in [6.07, 6.45) is 0.922. The van der Waals surface area contributed by atoms with Crippen LogP contribution < -0.4 is 5.32 Å². The van der Waals surface area contributed by atoms with Crippen LogP contribution >= 0.6 is 23.2 Å². The second-order valence-corrected chi connectivity index (χ2v) is 5.25. The van der Waals surface area contributed by atoms with E-state index in [2.05, 4.69) is 23.4 Å². The maximum absolute atomic E-state index is 6.09. The minimum Gasteiger partial charge on any atom is -0.308 e. The number of benzene rings is 1. The molecule has 3 nitrogen and oxygen atoms in total. The summed E-state index contributed by atoms with van der Waals surface area (Å²) >= 11 is 12.1. The molecule has 0 aliphatic heterocycles. The Labute approximate surface area is 123 Å². The lowest BCUT2D eigenvalue weighted by Crippen LogP contribution is -2.20. The van der Waals surface area contributed by atoms with Gasteiger partial charge in [0.25, 0.3) is 0 Å². The summed E-state index contributed by atoms with van der Waals surface area (Å²) in [5.41, 5.74) is 3.26. The average Bonchev–Trinajstić information content (AvgIpc) is 2.76. The van der Waals surface area contributed by atoms with Crippen LogP contribution in [0.1, 0.15) is 29.9 Å². The molecule has 1 aromatic carbocycles. The maximum atomic E-state index is 6.09. The number of nitrogens with zero attached hydrogens (tertiary/aromatic N) is 2. The molecule has 1 aromatic heterocycles. The van der Waals surface area contributed by atoms with Crippen LogP contribution in [0.2, 0.25) is 10.0 Å². The largest absolute Gasteiger partial charge is 0.308 e. The van der Waals surface area contributed by atoms with Crippen molar-refractivity contribution < 1.29 is 0 Å². The number of hydrogen-bond acceptors (Lipinski definition) is 2. The van der Waals surface area contributed by atoms with E-state index in [1.165, 1.54) is 0 Å². The molecule has 0 fully saturated rings. The number of rotatable bonds is 4. The van der Waals surface area contributed by atoms with E-state index in [1.807, 2.05) is 37.0 Å². The molecule has 0 saturated heterocycles. The van der Waals surface area contributed by atoms with E-state index in [1.54, 1.807) is 0 Å². The van der Waals surface area contributed by atoms with E-state index in [-0.39, 0.29) is 6.04 Å². The number of aromatic nitrogens is 2. The van der Waals surface area contributed by atoms with Gasteiger partial charge in [0.05, 0.1) is 27.5 Å². The van der Waals surface area contributed by atoms with E-state index in [0.717, 1.165) is 23.4 Å². The molecule has 1 atom stereocenters. The molecule has 0 aliphatic rings. The van der Waals surface area contributed by atoms with Gasteiger partial charge < -0.3 is 5.32 Å². The molecule has 0 spiro atoms. The zero-order chi connectivity index (χ0) is 14.0. The van der Waals surface area contributed by atoms with Crippen LogP contribution in [0, 0.1) is 0 Å². The van der Waals surface area contributed by atoms with E-state index in [9.17, 15) is 0 Å². The van der Waals surface area contributed by atoms with Gasteiger partial charge in [0.15, 0.2) is 0 Å². The second kappa shape index (κ2) is 5.95. The van der Waals surface area contributed by atoms with Crippen molar-refractivity contribution in [2.24, 2.45) is 7.05 Å². The van der Waals surface area contributed by atoms with Gasteiger partial charge in [0, 0.05) is 7.05 Å². The van der Waals surface area contributed by atoms with Crippen molar-refractivity contribution in [1.82, 2.24) is 15.1 Å². The number of aryl methyl sites for hydroxylation is 2. The van der Waals surface area contributed by atoms with Gasteiger partial charge in [-0.1, -0.05) is 36.2 Å². The van der Waals surface area contributed by atoms with Gasteiger partial charge in [-0.05, 0) is 37.2 Å². The topological polar surface area (TPSA) is 29.9 Å². The third kappa shape index (κ3) is 2.94. The Balaban J connectivity index is 2.43. The third-order valence-electron chi connectivity index (χ3n) is 3.19. The maximum Gasteiger partial charge on any atom is 0.0746 e. The quantitative estimate of drug-likeness (QED) is 0.934. The number of halogens is 2. The van der Waals surface area contributed by atoms with Crippen molar-refractivity contribution >= 4 is 23.2 Å². The Hall–Kier alpha value is -1.03. The van der Waals surface area contributed by atoms with Crippen LogP contribution in [0.25, 0.3) is 0 Å². The lowest BCUT2D eigenvalue weighted by molar-refractivity contribution is 0.604. The van der Waals surface area contributed by atoms with Crippen LogP contribution in [0.15, 0.2) is 24.3 Å². The van der Waals surface area contributed by atoms with Gasteiger partial charge in [0.2, 0.25) is 0 Å². The van der Waals surface area contributed by atoms with Crippen molar-refractivity contribution in [3.05, 3.63) is 51.3 Å². The van der Waals surface area contributed by atoms with Gasteiger partial charge in [-0.15, -0.1) is 0 Å². The van der Waals surface area contributed by atoms with Crippen LogP contribution in [0.3, 0.4) is 0 Å². The van der Waals surface area contributed by atoms with Gasteiger partial charge in [-0.25, -0.2) is 0 Å². The molecule has 0 aliphatic carbocycles. The minimum atomic E-state index is 0.0487. The van der Waals surface area contributed by atoms with Crippen molar-refractivity contribution in [3.63, 3.8) is 0 Å². The Morgan fingerprint density at radius 1 is 1.26 bits per heavy atom. The van der Waals surface area contributed by atoms with Gasteiger partial charge in [-0.3, -0.25) is 4.68 Å². The normalized spacial score (nSPS) is 12.7. The predicted molar refractivity (Wildman–Crippen MR) is 80.0 cm³/mol. The van der Waals surface area contributed by atoms with Crippen LogP contribution in [0.4, 0.5) is 0 Å². The standard InChI is InChI=1S/C14H17Cl2N3/c1-4-10-8-13(19(3)18-10)14(17-2)9-5-6-11(15)12(16)7-9/h5-8,14,17H,4H2,1-3H3. The highest BCUT2D eigenvalue weighted by Gasteiger charge is 2.17. The SMILES string of the molecule is CCc1cc(C(NC)c2ccc(Cl)c(Cl)c2)n(C)n1. The number of nitrogens with one attached hydrogen (secondary N) is 1. The predicted octanol–water partition coefficient (Wildman–Crippen LogP) is 3.60. The van der Waals surface area contributed by atoms with Crippen LogP contribution in [0.5, 0.6) is 0 Å². The van der Waals surface area contributed by atoms with Crippen molar-refractivity contribution in [1.29, 1.82) is 0 Å². The zero-order valence-corrected chi connectivity index (χ0v) is 12.8. The number of hydrogen-bond donors (Lipinski definition) is 1. The second-order valence-electron chi connectivity index (χ2n) is 4.43. The fourth-order valence-corrected chi connectivity index (χ4v) is 2.47. The molecule has 0 bridgehead atoms. The van der Waals surface area contributed by atoms with Crippen molar-refractivity contribution in [2.45, 2.75) is 19.4 Å². The first kappa shape index (κ1) is 14.4. The Kier molecular flexibility index (Phi) is 4.50. The first-order valence-electron chi connectivity index (χ1n) is 6.21. The zero-order valence-electron chi connectivity index (χ0n) is 11.2. The van der Waals surface area contributed by atoms with E-state index < -0.39 is 0 Å². The highest BCUT2D eigenvalue weighted by molar-refractivity contribution is 6.42. The van der Waals surface area contributed by atoms with E-state index in [0.29, 0.717) is 10.0 Å². The summed E-state index contributed by atoms with van der Waals surface area (Å²) in [7, 11) is 3.88. The molecule has 2 rings (SSSR count). The van der Waals surface area contributed by atoms with E-state index >= 15 is 0 Å². The fourth-order valence-electron chi connectivity index (χ4n) is 2.16. The van der Waals surface area contributed by atoms with Crippen molar-refractivity contribution in [3.8, 4) is 0 Å². The molecule has 102 valence electrons. The summed E-state index contributed by atoms with van der Waals surface area (Å²) in [6, 6.07) is 7.86. The minimum absolute atomic E-state index is 0.0487. The summed E-state index contributed by atoms with van der Waals surface area (Å²) in [5, 5.41) is 8.91. The Morgan fingerprint density at radius 3 is 2.53 bits per heavy atom. The van der Waals surface area contributed by atoms with Gasteiger partial charge in [0.1, 0.15) is 0 Å². The highest BCUT2D eigenvalue weighted by atomic mass is 35.5. The van der Waals surface area contributed by atoms with Crippen LogP contribution in [-0.4, -0.2) is 16.8 Å². The average molecular weight is 298 g/mol. The third-order valence-corrected chi connectivity index (χ3v) is 3.93. The van der Waals surface area contributed by atoms with Gasteiger partial charge >= 0.3 is 0 Å². The summed E-state index contributed by atoms with van der Waals surface area (Å²) in [5.74, 6) is 0. The molecular weight excluding hydrogens is 281 g/mol. The monoisotopic (exact) mass is 297 g/mol. The highest BCUT2D eigenvalue weighted by Crippen LogP contribution is 2.28. The van der Waals surface area contributed by atoms with E-state index in [4.69, 9.17) is 23.2 Å². The molecule has 5 heteroatoms. The summed E-state index contributed by atoms with van der Waals surface area (Å²) < 4.78 is 1.91. The smallest absolute Gasteiger partial charge is 0.0746 e. The summed E-state index contributed by atoms with van der Waals surface area (Å²) in [6.45, 7) is 2.10. The molecule has 19 heavy (non-hydrogen) atoms. The molecule has 0 saturated carbocycles.